The van der Waals surface area contributed by atoms with Gasteiger partial charge in [-0.25, -0.2) is 9.18 Å². The van der Waals surface area contributed by atoms with Crippen molar-refractivity contribution in [2.24, 2.45) is 23.7 Å². The van der Waals surface area contributed by atoms with Crippen molar-refractivity contribution in [1.82, 2.24) is 10.6 Å². The van der Waals surface area contributed by atoms with Crippen LogP contribution in [0.2, 0.25) is 0 Å². The Hall–Kier alpha value is -0.940. The highest BCUT2D eigenvalue weighted by Gasteiger charge is 2.39. The van der Waals surface area contributed by atoms with Crippen LogP contribution in [0.15, 0.2) is 12.7 Å². The van der Waals surface area contributed by atoms with Gasteiger partial charge in [0.15, 0.2) is 0 Å². The highest BCUT2D eigenvalue weighted by molar-refractivity contribution is 5.81. The third-order valence-electron chi connectivity index (χ3n) is 8.38. The van der Waals surface area contributed by atoms with Crippen LogP contribution in [-0.2, 0) is 9.53 Å². The van der Waals surface area contributed by atoms with Crippen molar-refractivity contribution in [3.05, 3.63) is 12.7 Å². The van der Waals surface area contributed by atoms with Gasteiger partial charge < -0.3 is 15.4 Å². The highest BCUT2D eigenvalue weighted by atomic mass is 19.1. The second-order valence-corrected chi connectivity index (χ2v) is 10.6. The van der Waals surface area contributed by atoms with Crippen LogP contribution in [0.25, 0.3) is 0 Å². The summed E-state index contributed by atoms with van der Waals surface area (Å²) in [5.74, 6) is 1.95. The van der Waals surface area contributed by atoms with E-state index in [0.717, 1.165) is 43.8 Å². The van der Waals surface area contributed by atoms with E-state index < -0.39 is 12.1 Å². The molecule has 1 aliphatic heterocycles. The van der Waals surface area contributed by atoms with Gasteiger partial charge in [0.05, 0.1) is 6.17 Å². The van der Waals surface area contributed by atoms with Crippen LogP contribution in [0.5, 0.6) is 0 Å². The van der Waals surface area contributed by atoms with Crippen LogP contribution in [0.1, 0.15) is 96.8 Å². The zero-order chi connectivity index (χ0) is 22.8. The van der Waals surface area contributed by atoms with Gasteiger partial charge >= 0.3 is 5.97 Å². The minimum Gasteiger partial charge on any atom is -0.459 e. The molecule has 0 aromatic rings. The van der Waals surface area contributed by atoms with E-state index in [1.165, 1.54) is 70.6 Å². The van der Waals surface area contributed by atoms with Gasteiger partial charge in [-0.1, -0.05) is 71.3 Å². The summed E-state index contributed by atoms with van der Waals surface area (Å²) in [6.07, 6.45) is 17.1. The molecule has 3 rings (SSSR count). The molecule has 0 aromatic heterocycles. The van der Waals surface area contributed by atoms with Crippen LogP contribution >= 0.6 is 0 Å². The molecule has 3 unspecified atom stereocenters. The third kappa shape index (κ3) is 7.83. The standard InChI is InChI=1S/C27H47FN2O2/c1-3-5-6-7-8-9-10-20-11-13-21(14-12-20)22-18-29-27(30-19-22)24-16-15-23(17-25(24)28)32-26(31)4-2/h4,20-25,27,29-30H,2-3,5-19H2,1H3. The number of alkyl halides is 1. The summed E-state index contributed by atoms with van der Waals surface area (Å²) in [4.78, 5) is 11.4. The SMILES string of the molecule is C=CC(=O)OC1CCC(C2NCC(C3CCC(CCCCCCCC)CC3)CN2)C(F)C1. The smallest absolute Gasteiger partial charge is 0.330 e. The molecule has 3 fully saturated rings. The van der Waals surface area contributed by atoms with E-state index in [-0.39, 0.29) is 18.2 Å². The fourth-order valence-electron chi connectivity index (χ4n) is 6.30. The number of carbonyl (C=O) groups excluding carboxylic acids is 1. The minimum absolute atomic E-state index is 0.0392. The van der Waals surface area contributed by atoms with Crippen molar-refractivity contribution in [3.63, 3.8) is 0 Å². The lowest BCUT2D eigenvalue weighted by atomic mass is 9.73. The molecule has 0 amide bonds. The molecule has 0 bridgehead atoms. The maximum Gasteiger partial charge on any atom is 0.330 e. The normalized spacial score (nSPS) is 35.9. The molecule has 1 heterocycles. The Morgan fingerprint density at radius 3 is 2.31 bits per heavy atom. The number of hydrogen-bond donors (Lipinski definition) is 2. The third-order valence-corrected chi connectivity index (χ3v) is 8.38. The first-order chi connectivity index (χ1) is 15.6. The van der Waals surface area contributed by atoms with E-state index in [2.05, 4.69) is 24.1 Å². The van der Waals surface area contributed by atoms with Crippen LogP contribution in [-0.4, -0.2) is 37.5 Å². The molecule has 4 nitrogen and oxygen atoms in total. The Balaban J connectivity index is 1.30. The molecular weight excluding hydrogens is 403 g/mol. The summed E-state index contributed by atoms with van der Waals surface area (Å²) in [7, 11) is 0. The quantitative estimate of drug-likeness (QED) is 0.233. The van der Waals surface area contributed by atoms with Crippen molar-refractivity contribution in [1.29, 1.82) is 0 Å². The summed E-state index contributed by atoms with van der Waals surface area (Å²) in [6, 6.07) is 0. The van der Waals surface area contributed by atoms with Crippen molar-refractivity contribution in [3.8, 4) is 0 Å². The lowest BCUT2D eigenvalue weighted by Crippen LogP contribution is -2.60. The first-order valence-corrected chi connectivity index (χ1v) is 13.5. The van der Waals surface area contributed by atoms with E-state index in [1.54, 1.807) is 0 Å². The Morgan fingerprint density at radius 1 is 0.969 bits per heavy atom. The molecule has 2 N–H and O–H groups in total. The summed E-state index contributed by atoms with van der Waals surface area (Å²) in [5.41, 5.74) is 0. The Bertz CT molecular complexity index is 556. The molecule has 3 atom stereocenters. The van der Waals surface area contributed by atoms with E-state index >= 15 is 0 Å². The number of nitrogens with one attached hydrogen (secondary N) is 2. The number of rotatable bonds is 11. The largest absolute Gasteiger partial charge is 0.459 e. The zero-order valence-electron chi connectivity index (χ0n) is 20.3. The predicted molar refractivity (Wildman–Crippen MR) is 129 cm³/mol. The van der Waals surface area contributed by atoms with Gasteiger partial charge in [0, 0.05) is 31.5 Å². The average molecular weight is 451 g/mol. The Morgan fingerprint density at radius 2 is 1.66 bits per heavy atom. The van der Waals surface area contributed by atoms with Crippen molar-refractivity contribution < 1.29 is 13.9 Å². The number of halogens is 1. The molecule has 2 saturated carbocycles. The average Bonchev–Trinajstić information content (AvgIpc) is 2.82. The van der Waals surface area contributed by atoms with Crippen LogP contribution < -0.4 is 10.6 Å². The fourth-order valence-corrected chi connectivity index (χ4v) is 6.30. The first-order valence-electron chi connectivity index (χ1n) is 13.5. The van der Waals surface area contributed by atoms with E-state index in [9.17, 15) is 9.18 Å². The summed E-state index contributed by atoms with van der Waals surface area (Å²) in [5, 5.41) is 7.26. The summed E-state index contributed by atoms with van der Waals surface area (Å²) < 4.78 is 20.1. The Kier molecular flexibility index (Phi) is 11.0. The lowest BCUT2D eigenvalue weighted by molar-refractivity contribution is -0.146. The van der Waals surface area contributed by atoms with Crippen LogP contribution in [0.3, 0.4) is 0 Å². The van der Waals surface area contributed by atoms with Gasteiger partial charge in [-0.15, -0.1) is 0 Å². The van der Waals surface area contributed by atoms with Gasteiger partial charge in [-0.3, -0.25) is 0 Å². The second-order valence-electron chi connectivity index (χ2n) is 10.6. The minimum atomic E-state index is -0.940. The summed E-state index contributed by atoms with van der Waals surface area (Å²) in [6.45, 7) is 7.71. The molecule has 1 saturated heterocycles. The number of hydrogen-bond acceptors (Lipinski definition) is 4. The Labute approximate surface area is 195 Å². The molecule has 5 heteroatoms. The zero-order valence-corrected chi connectivity index (χ0v) is 20.3. The van der Waals surface area contributed by atoms with Gasteiger partial charge in [0.1, 0.15) is 12.3 Å². The van der Waals surface area contributed by atoms with Crippen molar-refractivity contribution in [2.45, 2.75) is 115 Å². The van der Waals surface area contributed by atoms with Gasteiger partial charge in [0.25, 0.3) is 0 Å². The number of ether oxygens (including phenoxy) is 1. The molecule has 32 heavy (non-hydrogen) atoms. The molecular formula is C27H47FN2O2. The molecule has 3 aliphatic rings. The van der Waals surface area contributed by atoms with Crippen LogP contribution in [0, 0.1) is 23.7 Å². The van der Waals surface area contributed by atoms with Crippen molar-refractivity contribution in [2.75, 3.05) is 13.1 Å². The first kappa shape index (κ1) is 25.7. The highest BCUT2D eigenvalue weighted by Crippen LogP contribution is 2.37. The molecule has 0 radical (unpaired) electrons. The van der Waals surface area contributed by atoms with E-state index in [1.807, 2.05) is 0 Å². The van der Waals surface area contributed by atoms with Gasteiger partial charge in [0.2, 0.25) is 0 Å². The number of esters is 1. The van der Waals surface area contributed by atoms with Crippen molar-refractivity contribution >= 4 is 5.97 Å². The van der Waals surface area contributed by atoms with E-state index in [0.29, 0.717) is 12.3 Å². The van der Waals surface area contributed by atoms with Gasteiger partial charge in [-0.2, -0.15) is 0 Å². The maximum absolute atomic E-state index is 14.8. The lowest BCUT2D eigenvalue weighted by Gasteiger charge is -2.43. The molecule has 184 valence electrons. The maximum atomic E-state index is 14.8. The molecule has 0 spiro atoms. The molecule has 0 aromatic carbocycles. The van der Waals surface area contributed by atoms with E-state index in [4.69, 9.17) is 4.74 Å². The monoisotopic (exact) mass is 450 g/mol. The molecule has 2 aliphatic carbocycles. The van der Waals surface area contributed by atoms with Gasteiger partial charge in [-0.05, 0) is 43.4 Å². The predicted octanol–water partition coefficient (Wildman–Crippen LogP) is 5.91. The second kappa shape index (κ2) is 13.7. The summed E-state index contributed by atoms with van der Waals surface area (Å²) >= 11 is 0. The topological polar surface area (TPSA) is 50.4 Å². The number of carbonyl (C=O) groups is 1. The fraction of sp³-hybridized carbons (Fsp3) is 0.889. The number of unbranched alkanes of at least 4 members (excludes halogenated alkanes) is 5. The van der Waals surface area contributed by atoms with Crippen LogP contribution in [0.4, 0.5) is 4.39 Å².